The molecule has 0 spiro atoms. The van der Waals surface area contributed by atoms with Crippen molar-refractivity contribution >= 4 is 17.9 Å². The molecular weight excluding hydrogens is 226 g/mol. The summed E-state index contributed by atoms with van der Waals surface area (Å²) in [4.78, 5) is 25.5. The van der Waals surface area contributed by atoms with E-state index in [0.717, 1.165) is 36.8 Å². The second-order valence-corrected chi connectivity index (χ2v) is 5.37. The van der Waals surface area contributed by atoms with E-state index in [0.29, 0.717) is 0 Å². The van der Waals surface area contributed by atoms with Gasteiger partial charge in [0.1, 0.15) is 6.29 Å². The molecule has 3 rings (SSSR count). The summed E-state index contributed by atoms with van der Waals surface area (Å²) in [5.74, 6) is 0.382. The minimum absolute atomic E-state index is 0.0700. The van der Waals surface area contributed by atoms with Crippen LogP contribution >= 0.6 is 0 Å². The predicted octanol–water partition coefficient (Wildman–Crippen LogP) is 2.50. The fraction of sp³-hybridized carbons (Fsp3) is 0.467. The summed E-state index contributed by atoms with van der Waals surface area (Å²) in [7, 11) is 0. The molecule has 1 saturated carbocycles. The number of carbonyl (C=O) groups is 2. The van der Waals surface area contributed by atoms with Crippen molar-refractivity contribution in [3.8, 4) is 0 Å². The van der Waals surface area contributed by atoms with Crippen LogP contribution in [0.1, 0.15) is 37.7 Å². The lowest BCUT2D eigenvalue weighted by molar-refractivity contribution is -0.120. The molecule has 18 heavy (non-hydrogen) atoms. The quantitative estimate of drug-likeness (QED) is 0.748. The van der Waals surface area contributed by atoms with Crippen LogP contribution in [0.15, 0.2) is 24.3 Å². The molecule has 2 atom stereocenters. The highest BCUT2D eigenvalue weighted by molar-refractivity contribution is 5.98. The van der Waals surface area contributed by atoms with Gasteiger partial charge in [0, 0.05) is 23.6 Å². The van der Waals surface area contributed by atoms with E-state index < -0.39 is 0 Å². The minimum atomic E-state index is -0.0700. The third-order valence-electron chi connectivity index (χ3n) is 3.96. The number of carbonyl (C=O) groups excluding carboxylic acids is 2. The predicted molar refractivity (Wildman–Crippen MR) is 69.5 cm³/mol. The van der Waals surface area contributed by atoms with Crippen LogP contribution in [0, 0.1) is 5.92 Å². The second kappa shape index (κ2) is 4.23. The summed E-state index contributed by atoms with van der Waals surface area (Å²) in [6.07, 6.45) is 3.77. The van der Waals surface area contributed by atoms with E-state index in [-0.39, 0.29) is 23.8 Å². The fourth-order valence-corrected chi connectivity index (χ4v) is 2.85. The van der Waals surface area contributed by atoms with Gasteiger partial charge in [-0.2, -0.15) is 0 Å². The molecule has 0 radical (unpaired) electrons. The highest BCUT2D eigenvalue weighted by Crippen LogP contribution is 2.41. The average Bonchev–Trinajstić information content (AvgIpc) is 3.21. The lowest BCUT2D eigenvalue weighted by Crippen LogP contribution is -2.44. The second-order valence-electron chi connectivity index (χ2n) is 5.37. The van der Waals surface area contributed by atoms with Crippen molar-refractivity contribution < 1.29 is 9.59 Å². The fourth-order valence-electron chi connectivity index (χ4n) is 2.85. The van der Waals surface area contributed by atoms with Crippen LogP contribution < -0.4 is 4.90 Å². The van der Waals surface area contributed by atoms with Crippen molar-refractivity contribution in [2.45, 2.75) is 38.1 Å². The molecule has 1 heterocycles. The number of hydrogen-bond donors (Lipinski definition) is 0. The van der Waals surface area contributed by atoms with Crippen LogP contribution in [0.4, 0.5) is 5.69 Å². The van der Waals surface area contributed by atoms with Crippen LogP contribution in [0.2, 0.25) is 0 Å². The van der Waals surface area contributed by atoms with E-state index in [4.69, 9.17) is 0 Å². The number of nitrogens with zero attached hydrogens (tertiary/aromatic N) is 1. The van der Waals surface area contributed by atoms with E-state index in [1.54, 1.807) is 0 Å². The lowest BCUT2D eigenvalue weighted by atomic mass is 9.87. The van der Waals surface area contributed by atoms with E-state index in [1.807, 2.05) is 36.1 Å². The van der Waals surface area contributed by atoms with Crippen molar-refractivity contribution in [2.24, 2.45) is 5.92 Å². The van der Waals surface area contributed by atoms with E-state index >= 15 is 0 Å². The SMILES string of the molecule is C[C@H]1C[C@@H](C=O)c2ccccc2N1C(=O)C1CC1. The Labute approximate surface area is 107 Å². The number of anilines is 1. The Hall–Kier alpha value is -1.64. The first-order valence-electron chi connectivity index (χ1n) is 6.59. The van der Waals surface area contributed by atoms with Gasteiger partial charge in [-0.25, -0.2) is 0 Å². The highest BCUT2D eigenvalue weighted by Gasteiger charge is 2.39. The summed E-state index contributed by atoms with van der Waals surface area (Å²) in [5, 5.41) is 0. The minimum Gasteiger partial charge on any atom is -0.309 e. The third-order valence-corrected chi connectivity index (χ3v) is 3.96. The van der Waals surface area contributed by atoms with Gasteiger partial charge in [-0.1, -0.05) is 18.2 Å². The van der Waals surface area contributed by atoms with E-state index in [9.17, 15) is 9.59 Å². The molecular formula is C15H17NO2. The van der Waals surface area contributed by atoms with Gasteiger partial charge in [0.2, 0.25) is 5.91 Å². The molecule has 1 aliphatic heterocycles. The zero-order valence-electron chi connectivity index (χ0n) is 10.5. The molecule has 1 amide bonds. The van der Waals surface area contributed by atoms with Gasteiger partial charge in [-0.05, 0) is 37.8 Å². The van der Waals surface area contributed by atoms with Crippen molar-refractivity contribution in [3.63, 3.8) is 0 Å². The van der Waals surface area contributed by atoms with Crippen LogP contribution in [0.5, 0.6) is 0 Å². The van der Waals surface area contributed by atoms with Crippen molar-refractivity contribution in [1.82, 2.24) is 0 Å². The average molecular weight is 243 g/mol. The van der Waals surface area contributed by atoms with Gasteiger partial charge >= 0.3 is 0 Å². The van der Waals surface area contributed by atoms with Crippen LogP contribution in [0.3, 0.4) is 0 Å². The van der Waals surface area contributed by atoms with E-state index in [1.165, 1.54) is 0 Å². The molecule has 94 valence electrons. The Morgan fingerprint density at radius 1 is 1.33 bits per heavy atom. The molecule has 3 nitrogen and oxygen atoms in total. The summed E-state index contributed by atoms with van der Waals surface area (Å²) in [5.41, 5.74) is 1.94. The standard InChI is InChI=1S/C15H17NO2/c1-10-8-12(9-17)13-4-2-3-5-14(13)16(10)15(18)11-6-7-11/h2-5,9-12H,6-8H2,1H3/t10-,12-/m0/s1. The summed E-state index contributed by atoms with van der Waals surface area (Å²) < 4.78 is 0. The molecule has 1 aliphatic carbocycles. The summed E-state index contributed by atoms with van der Waals surface area (Å²) >= 11 is 0. The van der Waals surface area contributed by atoms with Crippen molar-refractivity contribution in [1.29, 1.82) is 0 Å². The Bertz CT molecular complexity index is 493. The Morgan fingerprint density at radius 3 is 2.72 bits per heavy atom. The maximum Gasteiger partial charge on any atom is 0.230 e. The molecule has 0 aromatic heterocycles. The van der Waals surface area contributed by atoms with Gasteiger partial charge in [0.15, 0.2) is 0 Å². The number of para-hydroxylation sites is 1. The maximum atomic E-state index is 12.4. The van der Waals surface area contributed by atoms with E-state index in [2.05, 4.69) is 0 Å². The molecule has 0 unspecified atom stereocenters. The lowest BCUT2D eigenvalue weighted by Gasteiger charge is -2.38. The Kier molecular flexibility index (Phi) is 2.69. The first kappa shape index (κ1) is 11.5. The van der Waals surface area contributed by atoms with Gasteiger partial charge in [0.25, 0.3) is 0 Å². The van der Waals surface area contributed by atoms with Gasteiger partial charge in [-0.15, -0.1) is 0 Å². The zero-order valence-corrected chi connectivity index (χ0v) is 10.5. The maximum absolute atomic E-state index is 12.4. The number of hydrogen-bond acceptors (Lipinski definition) is 2. The van der Waals surface area contributed by atoms with Crippen LogP contribution in [-0.2, 0) is 9.59 Å². The molecule has 2 aliphatic rings. The number of rotatable bonds is 2. The highest BCUT2D eigenvalue weighted by atomic mass is 16.2. The molecule has 1 aromatic rings. The molecule has 0 bridgehead atoms. The third kappa shape index (κ3) is 1.74. The largest absolute Gasteiger partial charge is 0.309 e. The molecule has 3 heteroatoms. The molecule has 1 aromatic carbocycles. The molecule has 0 N–H and O–H groups in total. The molecule has 1 fully saturated rings. The van der Waals surface area contributed by atoms with Gasteiger partial charge < -0.3 is 9.69 Å². The molecule has 0 saturated heterocycles. The Balaban J connectivity index is 2.03. The van der Waals surface area contributed by atoms with Crippen LogP contribution in [-0.4, -0.2) is 18.2 Å². The summed E-state index contributed by atoms with van der Waals surface area (Å²) in [6.45, 7) is 2.03. The number of amides is 1. The smallest absolute Gasteiger partial charge is 0.230 e. The van der Waals surface area contributed by atoms with Crippen LogP contribution in [0.25, 0.3) is 0 Å². The summed E-state index contributed by atoms with van der Waals surface area (Å²) in [6, 6.07) is 7.91. The van der Waals surface area contributed by atoms with Gasteiger partial charge in [0.05, 0.1) is 0 Å². The number of benzene rings is 1. The first-order chi connectivity index (χ1) is 8.72. The van der Waals surface area contributed by atoms with Crippen molar-refractivity contribution in [3.05, 3.63) is 29.8 Å². The number of fused-ring (bicyclic) bond motifs is 1. The topological polar surface area (TPSA) is 37.4 Å². The van der Waals surface area contributed by atoms with Gasteiger partial charge in [-0.3, -0.25) is 4.79 Å². The zero-order chi connectivity index (χ0) is 12.7. The number of aldehydes is 1. The normalized spacial score (nSPS) is 26.6. The first-order valence-corrected chi connectivity index (χ1v) is 6.59. The monoisotopic (exact) mass is 243 g/mol. The Morgan fingerprint density at radius 2 is 2.06 bits per heavy atom. The van der Waals surface area contributed by atoms with Crippen molar-refractivity contribution in [2.75, 3.05) is 4.90 Å².